The molecule has 0 fully saturated rings. The van der Waals surface area contributed by atoms with Gasteiger partial charge in [0.05, 0.1) is 0 Å². The van der Waals surface area contributed by atoms with E-state index in [9.17, 15) is 9.50 Å². The third kappa shape index (κ3) is 2.33. The first-order valence-corrected chi connectivity index (χ1v) is 4.57. The predicted octanol–water partition coefficient (Wildman–Crippen LogP) is 2.07. The maximum Gasteiger partial charge on any atom is 0.165 e. The fraction of sp³-hybridized carbons (Fsp3) is 0.273. The topological polar surface area (TPSA) is 46.2 Å². The summed E-state index contributed by atoms with van der Waals surface area (Å²) in [6.45, 7) is 2.31. The summed E-state index contributed by atoms with van der Waals surface area (Å²) >= 11 is 0. The van der Waals surface area contributed by atoms with Gasteiger partial charge in [0.15, 0.2) is 11.6 Å². The average Bonchev–Trinajstić information content (AvgIpc) is 2.20. The van der Waals surface area contributed by atoms with Crippen LogP contribution in [0.5, 0.6) is 5.75 Å². The Balaban J connectivity index is 3.13. The Bertz CT molecular complexity index is 347. The van der Waals surface area contributed by atoms with E-state index in [2.05, 4.69) is 0 Å². The Hall–Kier alpha value is -1.35. The van der Waals surface area contributed by atoms with Crippen molar-refractivity contribution in [3.05, 3.63) is 35.2 Å². The van der Waals surface area contributed by atoms with Crippen LogP contribution in [-0.2, 0) is 6.42 Å². The summed E-state index contributed by atoms with van der Waals surface area (Å²) in [5.41, 5.74) is 6.61. The van der Waals surface area contributed by atoms with Crippen LogP contribution in [0.2, 0.25) is 0 Å². The lowest BCUT2D eigenvalue weighted by atomic mass is 10.1. The van der Waals surface area contributed by atoms with Gasteiger partial charge in [0.25, 0.3) is 0 Å². The Labute approximate surface area is 82.9 Å². The molecular formula is C11H14FNO. The van der Waals surface area contributed by atoms with Crippen LogP contribution in [0.15, 0.2) is 18.2 Å². The van der Waals surface area contributed by atoms with Crippen LogP contribution in [0.25, 0.3) is 6.08 Å². The third-order valence-electron chi connectivity index (χ3n) is 1.99. The second-order valence-electron chi connectivity index (χ2n) is 3.01. The number of benzene rings is 1. The van der Waals surface area contributed by atoms with E-state index < -0.39 is 5.82 Å². The molecule has 3 N–H and O–H groups in total. The summed E-state index contributed by atoms with van der Waals surface area (Å²) < 4.78 is 13.1. The molecule has 0 unspecified atom stereocenters. The van der Waals surface area contributed by atoms with Crippen molar-refractivity contribution in [2.45, 2.75) is 13.3 Å². The minimum absolute atomic E-state index is 0.313. The number of aryl methyl sites for hydroxylation is 1. The van der Waals surface area contributed by atoms with Crippen molar-refractivity contribution < 1.29 is 9.50 Å². The van der Waals surface area contributed by atoms with Gasteiger partial charge in [-0.1, -0.05) is 19.1 Å². The second-order valence-corrected chi connectivity index (χ2v) is 3.01. The highest BCUT2D eigenvalue weighted by Crippen LogP contribution is 2.24. The van der Waals surface area contributed by atoms with Crippen molar-refractivity contribution in [2.75, 3.05) is 6.54 Å². The smallest absolute Gasteiger partial charge is 0.165 e. The molecule has 0 aliphatic carbocycles. The standard InChI is InChI=1S/C11H14FNO/c1-2-8-6-9(4-3-5-13)11(14)10(12)7-8/h3-4,6-7,14H,2,5,13H2,1H3/b4-3+. The largest absolute Gasteiger partial charge is 0.504 e. The van der Waals surface area contributed by atoms with Crippen molar-refractivity contribution in [3.63, 3.8) is 0 Å². The molecule has 0 saturated heterocycles. The Kier molecular flexibility index (Phi) is 3.65. The molecule has 0 atom stereocenters. The normalized spacial score (nSPS) is 11.1. The maximum atomic E-state index is 13.1. The summed E-state index contributed by atoms with van der Waals surface area (Å²) in [5.74, 6) is -0.895. The minimum atomic E-state index is -0.582. The molecule has 14 heavy (non-hydrogen) atoms. The molecule has 0 spiro atoms. The molecular weight excluding hydrogens is 181 g/mol. The van der Waals surface area contributed by atoms with Gasteiger partial charge in [-0.25, -0.2) is 4.39 Å². The number of phenolic OH excluding ortho intramolecular Hbond substituents is 1. The van der Waals surface area contributed by atoms with Crippen LogP contribution in [0.1, 0.15) is 18.1 Å². The highest BCUT2D eigenvalue weighted by atomic mass is 19.1. The molecule has 76 valence electrons. The van der Waals surface area contributed by atoms with E-state index in [0.29, 0.717) is 12.1 Å². The second kappa shape index (κ2) is 4.77. The number of nitrogens with two attached hydrogens (primary N) is 1. The van der Waals surface area contributed by atoms with Crippen LogP contribution in [0.3, 0.4) is 0 Å². The van der Waals surface area contributed by atoms with Gasteiger partial charge in [0.1, 0.15) is 0 Å². The fourth-order valence-corrected chi connectivity index (χ4v) is 1.20. The van der Waals surface area contributed by atoms with Gasteiger partial charge < -0.3 is 10.8 Å². The van der Waals surface area contributed by atoms with Gasteiger partial charge in [-0.15, -0.1) is 0 Å². The number of hydrogen-bond donors (Lipinski definition) is 2. The zero-order valence-electron chi connectivity index (χ0n) is 8.13. The van der Waals surface area contributed by atoms with Crippen molar-refractivity contribution in [1.82, 2.24) is 0 Å². The van der Waals surface area contributed by atoms with Crippen LogP contribution in [0, 0.1) is 5.82 Å². The maximum absolute atomic E-state index is 13.1. The monoisotopic (exact) mass is 195 g/mol. The van der Waals surface area contributed by atoms with Crippen molar-refractivity contribution in [1.29, 1.82) is 0 Å². The van der Waals surface area contributed by atoms with Crippen molar-refractivity contribution in [2.24, 2.45) is 5.73 Å². The summed E-state index contributed by atoms with van der Waals surface area (Å²) in [6, 6.07) is 3.10. The summed E-state index contributed by atoms with van der Waals surface area (Å²) in [7, 11) is 0. The van der Waals surface area contributed by atoms with Crippen LogP contribution in [0.4, 0.5) is 4.39 Å². The SMILES string of the molecule is CCc1cc(F)c(O)c(/C=C/CN)c1. The summed E-state index contributed by atoms with van der Waals surface area (Å²) in [4.78, 5) is 0. The molecule has 2 nitrogen and oxygen atoms in total. The molecule has 0 radical (unpaired) electrons. The van der Waals surface area contributed by atoms with Crippen LogP contribution in [-0.4, -0.2) is 11.7 Å². The Morgan fingerprint density at radius 1 is 1.50 bits per heavy atom. The predicted molar refractivity (Wildman–Crippen MR) is 55.5 cm³/mol. The molecule has 1 rings (SSSR count). The first kappa shape index (κ1) is 10.7. The molecule has 1 aromatic carbocycles. The van der Waals surface area contributed by atoms with Crippen LogP contribution < -0.4 is 5.73 Å². The number of phenols is 1. The minimum Gasteiger partial charge on any atom is -0.504 e. The van der Waals surface area contributed by atoms with Gasteiger partial charge in [-0.05, 0) is 24.1 Å². The summed E-state index contributed by atoms with van der Waals surface area (Å²) in [6.07, 6.45) is 4.03. The zero-order valence-corrected chi connectivity index (χ0v) is 8.13. The highest BCUT2D eigenvalue weighted by Gasteiger charge is 2.06. The van der Waals surface area contributed by atoms with E-state index >= 15 is 0 Å². The molecule has 3 heteroatoms. The number of aromatic hydroxyl groups is 1. The molecule has 1 aromatic rings. The number of halogens is 1. The van der Waals surface area contributed by atoms with Gasteiger partial charge in [0, 0.05) is 12.1 Å². The number of rotatable bonds is 3. The lowest BCUT2D eigenvalue weighted by molar-refractivity contribution is 0.430. The first-order valence-electron chi connectivity index (χ1n) is 4.57. The van der Waals surface area contributed by atoms with E-state index in [0.717, 1.165) is 12.0 Å². The molecule has 0 heterocycles. The van der Waals surface area contributed by atoms with E-state index in [1.807, 2.05) is 6.92 Å². The van der Waals surface area contributed by atoms with Crippen LogP contribution >= 0.6 is 0 Å². The van der Waals surface area contributed by atoms with Crippen molar-refractivity contribution >= 4 is 6.08 Å². The average molecular weight is 195 g/mol. The summed E-state index contributed by atoms with van der Waals surface area (Å²) in [5, 5.41) is 9.38. The molecule has 0 aliphatic heterocycles. The molecule has 0 saturated carbocycles. The highest BCUT2D eigenvalue weighted by molar-refractivity contribution is 5.58. The molecule has 0 aromatic heterocycles. The number of hydrogen-bond acceptors (Lipinski definition) is 2. The Morgan fingerprint density at radius 3 is 2.79 bits per heavy atom. The molecule has 0 bridgehead atoms. The van der Waals surface area contributed by atoms with Gasteiger partial charge in [-0.3, -0.25) is 0 Å². The third-order valence-corrected chi connectivity index (χ3v) is 1.99. The van der Waals surface area contributed by atoms with E-state index in [1.54, 1.807) is 18.2 Å². The Morgan fingerprint density at radius 2 is 2.21 bits per heavy atom. The van der Waals surface area contributed by atoms with E-state index in [4.69, 9.17) is 5.73 Å². The van der Waals surface area contributed by atoms with E-state index in [-0.39, 0.29) is 5.75 Å². The molecule has 0 aliphatic rings. The van der Waals surface area contributed by atoms with Gasteiger partial charge in [-0.2, -0.15) is 0 Å². The van der Waals surface area contributed by atoms with E-state index in [1.165, 1.54) is 6.07 Å². The lowest BCUT2D eigenvalue weighted by Crippen LogP contribution is -1.93. The van der Waals surface area contributed by atoms with Gasteiger partial charge >= 0.3 is 0 Å². The lowest BCUT2D eigenvalue weighted by Gasteiger charge is -2.04. The zero-order chi connectivity index (χ0) is 10.6. The molecule has 0 amide bonds. The first-order chi connectivity index (χ1) is 6.69. The van der Waals surface area contributed by atoms with Crippen molar-refractivity contribution in [3.8, 4) is 5.75 Å². The van der Waals surface area contributed by atoms with Gasteiger partial charge in [0.2, 0.25) is 0 Å². The fourth-order valence-electron chi connectivity index (χ4n) is 1.20. The quantitative estimate of drug-likeness (QED) is 0.775.